The number of hydrogen-bond acceptors (Lipinski definition) is 5. The molecule has 0 saturated heterocycles. The Morgan fingerprint density at radius 2 is 1.81 bits per heavy atom. The van der Waals surface area contributed by atoms with Gasteiger partial charge in [0.1, 0.15) is 5.75 Å². The Kier molecular flexibility index (Phi) is 5.60. The molecule has 0 saturated carbocycles. The number of thiocarbonyl (C=S) groups is 1. The lowest BCUT2D eigenvalue weighted by atomic mass is 10.1. The first-order valence-electron chi connectivity index (χ1n) is 7.86. The molecule has 0 spiro atoms. The van der Waals surface area contributed by atoms with Crippen LogP contribution in [0.4, 0.5) is 5.13 Å². The van der Waals surface area contributed by atoms with Crippen LogP contribution in [0.25, 0.3) is 11.3 Å². The molecule has 2 N–H and O–H groups in total. The molecule has 0 fully saturated rings. The molecule has 1 heterocycles. The van der Waals surface area contributed by atoms with E-state index in [9.17, 15) is 4.79 Å². The van der Waals surface area contributed by atoms with E-state index >= 15 is 0 Å². The Bertz CT molecular complexity index is 922. The summed E-state index contributed by atoms with van der Waals surface area (Å²) in [5.41, 5.74) is 2.44. The minimum absolute atomic E-state index is 0.208. The van der Waals surface area contributed by atoms with Crippen molar-refractivity contribution in [1.29, 1.82) is 0 Å². The molecule has 1 amide bonds. The first-order chi connectivity index (χ1) is 12.6. The van der Waals surface area contributed by atoms with Gasteiger partial charge in [-0.3, -0.25) is 10.1 Å². The summed E-state index contributed by atoms with van der Waals surface area (Å²) < 4.78 is 5.08. The normalized spacial score (nSPS) is 10.2. The summed E-state index contributed by atoms with van der Waals surface area (Å²) in [7, 11) is 1.58. The van der Waals surface area contributed by atoms with Crippen LogP contribution in [0.5, 0.6) is 5.75 Å². The molecule has 26 heavy (non-hydrogen) atoms. The van der Waals surface area contributed by atoms with Crippen LogP contribution in [0.15, 0.2) is 54.6 Å². The number of rotatable bonds is 4. The monoisotopic (exact) mass is 383 g/mol. The Morgan fingerprint density at radius 1 is 1.12 bits per heavy atom. The van der Waals surface area contributed by atoms with Crippen LogP contribution in [0, 0.1) is 6.92 Å². The lowest BCUT2D eigenvalue weighted by molar-refractivity contribution is 0.0977. The maximum atomic E-state index is 12.2. The first kappa shape index (κ1) is 18.0. The Hall–Kier alpha value is -2.77. The number of thiazole rings is 1. The lowest BCUT2D eigenvalue weighted by Crippen LogP contribution is -2.34. The van der Waals surface area contributed by atoms with Gasteiger partial charge in [0, 0.05) is 16.0 Å². The minimum atomic E-state index is -0.290. The summed E-state index contributed by atoms with van der Waals surface area (Å²) in [6.45, 7) is 2.00. The van der Waals surface area contributed by atoms with Crippen molar-refractivity contribution in [3.63, 3.8) is 0 Å². The maximum absolute atomic E-state index is 12.2. The van der Waals surface area contributed by atoms with Gasteiger partial charge >= 0.3 is 0 Å². The standard InChI is InChI=1S/C19H17N3O2S2/c1-12-16(13-6-4-3-5-7-13)20-19(26-12)22-18(25)21-17(23)14-8-10-15(24-2)11-9-14/h3-11H,1-2H3,(H2,20,21,22,23,25). The Balaban J connectivity index is 1.65. The van der Waals surface area contributed by atoms with Crippen LogP contribution < -0.4 is 15.4 Å². The number of benzene rings is 2. The molecule has 0 unspecified atom stereocenters. The zero-order chi connectivity index (χ0) is 18.5. The first-order valence-corrected chi connectivity index (χ1v) is 9.08. The van der Waals surface area contributed by atoms with Crippen LogP contribution in [0.3, 0.4) is 0 Å². The summed E-state index contributed by atoms with van der Waals surface area (Å²) in [4.78, 5) is 17.9. The third-order valence-corrected chi connectivity index (χ3v) is 4.73. The van der Waals surface area contributed by atoms with Crippen molar-refractivity contribution in [1.82, 2.24) is 10.3 Å². The van der Waals surface area contributed by atoms with E-state index in [0.717, 1.165) is 16.1 Å². The van der Waals surface area contributed by atoms with E-state index in [1.54, 1.807) is 31.4 Å². The van der Waals surface area contributed by atoms with E-state index in [1.807, 2.05) is 37.3 Å². The second-order valence-electron chi connectivity index (χ2n) is 5.43. The van der Waals surface area contributed by atoms with Gasteiger partial charge in [0.25, 0.3) is 5.91 Å². The average molecular weight is 383 g/mol. The number of aromatic nitrogens is 1. The molecule has 132 valence electrons. The molecule has 0 aliphatic heterocycles. The van der Waals surface area contributed by atoms with Gasteiger partial charge in [-0.1, -0.05) is 30.3 Å². The van der Waals surface area contributed by atoms with Gasteiger partial charge < -0.3 is 10.1 Å². The minimum Gasteiger partial charge on any atom is -0.497 e. The van der Waals surface area contributed by atoms with Gasteiger partial charge in [-0.05, 0) is 43.4 Å². The Labute approximate surface area is 161 Å². The van der Waals surface area contributed by atoms with Gasteiger partial charge in [0.15, 0.2) is 10.2 Å². The number of aryl methyl sites for hydroxylation is 1. The summed E-state index contributed by atoms with van der Waals surface area (Å²) in [6, 6.07) is 16.7. The fourth-order valence-electron chi connectivity index (χ4n) is 2.36. The molecular formula is C19H17N3O2S2. The summed E-state index contributed by atoms with van der Waals surface area (Å²) in [6.07, 6.45) is 0. The molecule has 0 aliphatic carbocycles. The van der Waals surface area contributed by atoms with Crippen molar-refractivity contribution in [3.05, 3.63) is 65.0 Å². The van der Waals surface area contributed by atoms with Crippen LogP contribution in [0.2, 0.25) is 0 Å². The molecule has 0 aliphatic rings. The van der Waals surface area contributed by atoms with Crippen LogP contribution >= 0.6 is 23.6 Å². The quantitative estimate of drug-likeness (QED) is 0.660. The van der Waals surface area contributed by atoms with Crippen molar-refractivity contribution in [3.8, 4) is 17.0 Å². The SMILES string of the molecule is COc1ccc(C(=O)NC(=S)Nc2nc(-c3ccccc3)c(C)s2)cc1. The second kappa shape index (κ2) is 8.07. The fraction of sp³-hybridized carbons (Fsp3) is 0.105. The van der Waals surface area contributed by atoms with Crippen molar-refractivity contribution < 1.29 is 9.53 Å². The molecule has 1 aromatic heterocycles. The predicted molar refractivity (Wildman–Crippen MR) is 109 cm³/mol. The van der Waals surface area contributed by atoms with E-state index < -0.39 is 0 Å². The van der Waals surface area contributed by atoms with Crippen LogP contribution in [-0.4, -0.2) is 23.1 Å². The van der Waals surface area contributed by atoms with Crippen molar-refractivity contribution in [2.75, 3.05) is 12.4 Å². The molecule has 3 aromatic rings. The van der Waals surface area contributed by atoms with Gasteiger partial charge in [-0.2, -0.15) is 0 Å². The zero-order valence-corrected chi connectivity index (χ0v) is 15.9. The van der Waals surface area contributed by atoms with E-state index in [4.69, 9.17) is 17.0 Å². The third-order valence-electron chi connectivity index (χ3n) is 3.64. The molecule has 0 bridgehead atoms. The number of nitrogens with one attached hydrogen (secondary N) is 2. The maximum Gasteiger partial charge on any atom is 0.257 e. The van der Waals surface area contributed by atoms with E-state index in [-0.39, 0.29) is 11.0 Å². The molecule has 2 aromatic carbocycles. The van der Waals surface area contributed by atoms with E-state index in [2.05, 4.69) is 15.6 Å². The second-order valence-corrected chi connectivity index (χ2v) is 7.04. The van der Waals surface area contributed by atoms with Crippen LogP contribution in [0.1, 0.15) is 15.2 Å². The largest absolute Gasteiger partial charge is 0.497 e. The highest BCUT2D eigenvalue weighted by molar-refractivity contribution is 7.80. The number of amides is 1. The molecule has 0 atom stereocenters. The van der Waals surface area contributed by atoms with Gasteiger partial charge in [0.05, 0.1) is 12.8 Å². The van der Waals surface area contributed by atoms with Crippen LogP contribution in [-0.2, 0) is 0 Å². The number of anilines is 1. The summed E-state index contributed by atoms with van der Waals surface area (Å²) in [5.74, 6) is 0.399. The third kappa shape index (κ3) is 4.25. The fourth-order valence-corrected chi connectivity index (χ4v) is 3.45. The van der Waals surface area contributed by atoms with Gasteiger partial charge in [-0.15, -0.1) is 11.3 Å². The van der Waals surface area contributed by atoms with Gasteiger partial charge in [0.2, 0.25) is 0 Å². The number of nitrogens with zero attached hydrogens (tertiary/aromatic N) is 1. The predicted octanol–water partition coefficient (Wildman–Crippen LogP) is 4.25. The van der Waals surface area contributed by atoms with Gasteiger partial charge in [-0.25, -0.2) is 4.98 Å². The van der Waals surface area contributed by atoms with Crippen molar-refractivity contribution in [2.24, 2.45) is 0 Å². The number of carbonyl (C=O) groups excluding carboxylic acids is 1. The number of carbonyl (C=O) groups is 1. The lowest BCUT2D eigenvalue weighted by Gasteiger charge is -2.07. The number of methoxy groups -OCH3 is 1. The van der Waals surface area contributed by atoms with E-state index in [0.29, 0.717) is 16.4 Å². The smallest absolute Gasteiger partial charge is 0.257 e. The number of ether oxygens (including phenoxy) is 1. The van der Waals surface area contributed by atoms with Crippen molar-refractivity contribution in [2.45, 2.75) is 6.92 Å². The summed E-state index contributed by atoms with van der Waals surface area (Å²) in [5, 5.41) is 6.48. The highest BCUT2D eigenvalue weighted by Crippen LogP contribution is 2.30. The molecular weight excluding hydrogens is 366 g/mol. The molecule has 3 rings (SSSR count). The Morgan fingerprint density at radius 3 is 2.46 bits per heavy atom. The number of hydrogen-bond donors (Lipinski definition) is 2. The average Bonchev–Trinajstić information content (AvgIpc) is 3.02. The summed E-state index contributed by atoms with van der Waals surface area (Å²) >= 11 is 6.72. The highest BCUT2D eigenvalue weighted by atomic mass is 32.1. The molecule has 7 heteroatoms. The zero-order valence-electron chi connectivity index (χ0n) is 14.3. The molecule has 5 nitrogen and oxygen atoms in total. The van der Waals surface area contributed by atoms with E-state index in [1.165, 1.54) is 11.3 Å². The highest BCUT2D eigenvalue weighted by Gasteiger charge is 2.12. The van der Waals surface area contributed by atoms with Crippen molar-refractivity contribution >= 4 is 39.7 Å². The topological polar surface area (TPSA) is 63.2 Å². The molecule has 0 radical (unpaired) electrons.